The Kier molecular flexibility index (Phi) is 5.61. The highest BCUT2D eigenvalue weighted by atomic mass is 16.5. The van der Waals surface area contributed by atoms with Crippen LogP contribution < -0.4 is 15.0 Å². The summed E-state index contributed by atoms with van der Waals surface area (Å²) in [6.07, 6.45) is 4.82. The molecule has 1 aromatic rings. The zero-order valence-corrected chi connectivity index (χ0v) is 14.8. The Morgan fingerprint density at radius 2 is 2.08 bits per heavy atom. The van der Waals surface area contributed by atoms with Crippen LogP contribution in [0.2, 0.25) is 0 Å². The molecule has 1 saturated carbocycles. The molecule has 0 aromatic heterocycles. The minimum absolute atomic E-state index is 0.0872. The van der Waals surface area contributed by atoms with Crippen LogP contribution in [0.4, 0.5) is 5.69 Å². The lowest BCUT2D eigenvalue weighted by molar-refractivity contribution is -0.122. The second kappa shape index (κ2) is 7.88. The molecule has 0 radical (unpaired) electrons. The van der Waals surface area contributed by atoms with Crippen molar-refractivity contribution in [2.45, 2.75) is 44.8 Å². The van der Waals surface area contributed by atoms with Gasteiger partial charge in [-0.2, -0.15) is 0 Å². The quantitative estimate of drug-likeness (QED) is 0.868. The number of hydrogen-bond donors (Lipinski definition) is 1. The van der Waals surface area contributed by atoms with Crippen LogP contribution in [0.25, 0.3) is 0 Å². The molecule has 1 amide bonds. The predicted octanol–water partition coefficient (Wildman–Crippen LogP) is 2.26. The highest BCUT2D eigenvalue weighted by Crippen LogP contribution is 2.32. The van der Waals surface area contributed by atoms with E-state index in [9.17, 15) is 4.79 Å². The first kappa shape index (κ1) is 17.1. The molecule has 0 bridgehead atoms. The van der Waals surface area contributed by atoms with Gasteiger partial charge in [0.1, 0.15) is 11.9 Å². The van der Waals surface area contributed by atoms with E-state index >= 15 is 0 Å². The van der Waals surface area contributed by atoms with Crippen molar-refractivity contribution in [3.8, 4) is 5.75 Å². The molecule has 3 rings (SSSR count). The molecule has 0 saturated heterocycles. The Hall–Kier alpha value is -1.75. The SMILES string of the molecule is CCN1CC(CN(C)CC(=O)NC2CCCC2)Oc2ccccc21. The van der Waals surface area contributed by atoms with Gasteiger partial charge in [0, 0.05) is 19.1 Å². The van der Waals surface area contributed by atoms with E-state index in [-0.39, 0.29) is 12.0 Å². The summed E-state index contributed by atoms with van der Waals surface area (Å²) in [6.45, 7) is 5.18. The zero-order valence-electron chi connectivity index (χ0n) is 14.8. The number of para-hydroxylation sites is 2. The predicted molar refractivity (Wildman–Crippen MR) is 96.6 cm³/mol. The fourth-order valence-electron chi connectivity index (χ4n) is 3.77. The number of amides is 1. The third kappa shape index (κ3) is 4.20. The average Bonchev–Trinajstić information content (AvgIpc) is 3.06. The second-order valence-corrected chi connectivity index (χ2v) is 6.99. The monoisotopic (exact) mass is 331 g/mol. The number of fused-ring (bicyclic) bond motifs is 1. The van der Waals surface area contributed by atoms with Gasteiger partial charge in [-0.25, -0.2) is 0 Å². The second-order valence-electron chi connectivity index (χ2n) is 6.99. The molecule has 1 N–H and O–H groups in total. The summed E-state index contributed by atoms with van der Waals surface area (Å²) in [4.78, 5) is 16.6. The van der Waals surface area contributed by atoms with E-state index in [1.807, 2.05) is 25.2 Å². The molecule has 1 atom stereocenters. The van der Waals surface area contributed by atoms with E-state index in [1.54, 1.807) is 0 Å². The molecule has 2 aliphatic rings. The number of nitrogens with zero attached hydrogens (tertiary/aromatic N) is 2. The van der Waals surface area contributed by atoms with Crippen molar-refractivity contribution in [1.82, 2.24) is 10.2 Å². The van der Waals surface area contributed by atoms with Crippen LogP contribution in [0.5, 0.6) is 5.75 Å². The maximum Gasteiger partial charge on any atom is 0.234 e. The summed E-state index contributed by atoms with van der Waals surface area (Å²) < 4.78 is 6.13. The standard InChI is InChI=1S/C19H29N3O2/c1-3-22-13-16(24-18-11-7-6-10-17(18)22)12-21(2)14-19(23)20-15-8-4-5-9-15/h6-7,10-11,15-16H,3-5,8-9,12-14H2,1-2H3,(H,20,23). The van der Waals surface area contributed by atoms with Crippen molar-refractivity contribution in [2.24, 2.45) is 0 Å². The van der Waals surface area contributed by atoms with Gasteiger partial charge in [0.05, 0.1) is 18.8 Å². The molecule has 1 unspecified atom stereocenters. The summed E-state index contributed by atoms with van der Waals surface area (Å²) in [6, 6.07) is 8.57. The molecular formula is C19H29N3O2. The van der Waals surface area contributed by atoms with Crippen molar-refractivity contribution in [2.75, 3.05) is 38.1 Å². The van der Waals surface area contributed by atoms with Gasteiger partial charge in [0.15, 0.2) is 0 Å². The molecule has 1 aliphatic carbocycles. The molecule has 1 fully saturated rings. The molecule has 1 aliphatic heterocycles. The first-order valence-electron chi connectivity index (χ1n) is 9.14. The van der Waals surface area contributed by atoms with Crippen molar-refractivity contribution < 1.29 is 9.53 Å². The summed E-state index contributed by atoms with van der Waals surface area (Å²) in [7, 11) is 1.99. The average molecular weight is 331 g/mol. The third-order valence-corrected chi connectivity index (χ3v) is 4.95. The largest absolute Gasteiger partial charge is 0.485 e. The number of hydrogen-bond acceptors (Lipinski definition) is 4. The zero-order chi connectivity index (χ0) is 16.9. The maximum absolute atomic E-state index is 12.2. The summed E-state index contributed by atoms with van der Waals surface area (Å²) in [5.74, 6) is 1.08. The van der Waals surface area contributed by atoms with Crippen LogP contribution in [-0.4, -0.2) is 56.2 Å². The number of likely N-dealkylation sites (N-methyl/N-ethyl adjacent to an activating group) is 2. The van der Waals surface area contributed by atoms with Gasteiger partial charge < -0.3 is 15.0 Å². The lowest BCUT2D eigenvalue weighted by Crippen LogP contribution is -2.48. The van der Waals surface area contributed by atoms with Crippen molar-refractivity contribution in [1.29, 1.82) is 0 Å². The minimum atomic E-state index is 0.0872. The van der Waals surface area contributed by atoms with E-state index in [0.29, 0.717) is 12.6 Å². The van der Waals surface area contributed by atoms with Crippen molar-refractivity contribution in [3.05, 3.63) is 24.3 Å². The minimum Gasteiger partial charge on any atom is -0.485 e. The number of benzene rings is 1. The topological polar surface area (TPSA) is 44.8 Å². The Morgan fingerprint density at radius 1 is 1.33 bits per heavy atom. The molecule has 1 aromatic carbocycles. The molecule has 1 heterocycles. The van der Waals surface area contributed by atoms with E-state index in [4.69, 9.17) is 4.74 Å². The fourth-order valence-corrected chi connectivity index (χ4v) is 3.77. The van der Waals surface area contributed by atoms with Crippen LogP contribution in [0, 0.1) is 0 Å². The Labute approximate surface area is 145 Å². The van der Waals surface area contributed by atoms with Crippen molar-refractivity contribution in [3.63, 3.8) is 0 Å². The van der Waals surface area contributed by atoms with Gasteiger partial charge >= 0.3 is 0 Å². The van der Waals surface area contributed by atoms with Gasteiger partial charge in [-0.1, -0.05) is 25.0 Å². The molecule has 5 nitrogen and oxygen atoms in total. The number of rotatable bonds is 6. The van der Waals surface area contributed by atoms with E-state index in [1.165, 1.54) is 12.8 Å². The van der Waals surface area contributed by atoms with Gasteiger partial charge in [-0.3, -0.25) is 9.69 Å². The van der Waals surface area contributed by atoms with Crippen LogP contribution >= 0.6 is 0 Å². The van der Waals surface area contributed by atoms with Crippen LogP contribution in [0.3, 0.4) is 0 Å². The smallest absolute Gasteiger partial charge is 0.234 e. The lowest BCUT2D eigenvalue weighted by atomic mass is 10.2. The van der Waals surface area contributed by atoms with E-state index < -0.39 is 0 Å². The molecule has 5 heteroatoms. The maximum atomic E-state index is 12.2. The van der Waals surface area contributed by atoms with Crippen LogP contribution in [-0.2, 0) is 4.79 Å². The molecule has 0 spiro atoms. The van der Waals surface area contributed by atoms with Gasteiger partial charge in [-0.15, -0.1) is 0 Å². The number of anilines is 1. The highest BCUT2D eigenvalue weighted by molar-refractivity contribution is 5.78. The molecule has 24 heavy (non-hydrogen) atoms. The lowest BCUT2D eigenvalue weighted by Gasteiger charge is -2.37. The fraction of sp³-hybridized carbons (Fsp3) is 0.632. The summed E-state index contributed by atoms with van der Waals surface area (Å²) in [5, 5.41) is 3.15. The molecule has 132 valence electrons. The van der Waals surface area contributed by atoms with Gasteiger partial charge in [0.2, 0.25) is 5.91 Å². The van der Waals surface area contributed by atoms with Gasteiger partial charge in [-0.05, 0) is 38.9 Å². The first-order chi connectivity index (χ1) is 11.7. The summed E-state index contributed by atoms with van der Waals surface area (Å²) in [5.41, 5.74) is 1.16. The van der Waals surface area contributed by atoms with Crippen molar-refractivity contribution >= 4 is 11.6 Å². The number of carbonyl (C=O) groups is 1. The van der Waals surface area contributed by atoms with E-state index in [0.717, 1.165) is 43.9 Å². The molecular weight excluding hydrogens is 302 g/mol. The number of nitrogens with one attached hydrogen (secondary N) is 1. The van der Waals surface area contributed by atoms with Gasteiger partial charge in [0.25, 0.3) is 0 Å². The summed E-state index contributed by atoms with van der Waals surface area (Å²) >= 11 is 0. The Balaban J connectivity index is 1.51. The first-order valence-corrected chi connectivity index (χ1v) is 9.14. The number of carbonyl (C=O) groups excluding carboxylic acids is 1. The van der Waals surface area contributed by atoms with E-state index in [2.05, 4.69) is 28.1 Å². The number of ether oxygens (including phenoxy) is 1. The van der Waals surface area contributed by atoms with Crippen LogP contribution in [0.1, 0.15) is 32.6 Å². The highest BCUT2D eigenvalue weighted by Gasteiger charge is 2.26. The van der Waals surface area contributed by atoms with Crippen LogP contribution in [0.15, 0.2) is 24.3 Å². The normalized spacial score (nSPS) is 20.8. The Morgan fingerprint density at radius 3 is 2.83 bits per heavy atom. The third-order valence-electron chi connectivity index (χ3n) is 4.95. The Bertz CT molecular complexity index is 557.